The third kappa shape index (κ3) is 8.58. The van der Waals surface area contributed by atoms with Gasteiger partial charge in [-0.15, -0.1) is 0 Å². The molecule has 3 aromatic rings. The van der Waals surface area contributed by atoms with Crippen molar-refractivity contribution >= 4 is 11.8 Å². The lowest BCUT2D eigenvalue weighted by Crippen LogP contribution is -2.52. The summed E-state index contributed by atoms with van der Waals surface area (Å²) in [5.74, 6) is -0.106. The van der Waals surface area contributed by atoms with E-state index >= 15 is 0 Å². The van der Waals surface area contributed by atoms with E-state index in [1.165, 1.54) is 5.56 Å². The summed E-state index contributed by atoms with van der Waals surface area (Å²) in [6.45, 7) is 13.1. The molecule has 0 aliphatic rings. The van der Waals surface area contributed by atoms with Crippen molar-refractivity contribution in [2.75, 3.05) is 0 Å². The van der Waals surface area contributed by atoms with Crippen LogP contribution in [0.15, 0.2) is 78.9 Å². The highest BCUT2D eigenvalue weighted by Crippen LogP contribution is 2.23. The molecule has 0 spiro atoms. The number of carbonyl (C=O) groups is 2. The summed E-state index contributed by atoms with van der Waals surface area (Å²) in [5.41, 5.74) is 5.70. The largest absolute Gasteiger partial charge is 0.352 e. The Hall–Kier alpha value is -3.40. The molecular weight excluding hydrogens is 468 g/mol. The predicted octanol–water partition coefficient (Wildman–Crippen LogP) is 6.78. The molecule has 38 heavy (non-hydrogen) atoms. The SMILES string of the molecule is CC[C@@H](C)NC(=O)[C@@H](Cc1ccccc1)N(Cc1cccc(C)c1)C(=O)CCc1ccc(C(C)(C)C)cc1. The van der Waals surface area contributed by atoms with Gasteiger partial charge in [-0.2, -0.15) is 0 Å². The molecule has 0 saturated heterocycles. The number of aryl methyl sites for hydroxylation is 2. The highest BCUT2D eigenvalue weighted by Gasteiger charge is 2.30. The summed E-state index contributed by atoms with van der Waals surface area (Å²) >= 11 is 0. The van der Waals surface area contributed by atoms with E-state index in [1.807, 2.05) is 62.4 Å². The van der Waals surface area contributed by atoms with E-state index in [4.69, 9.17) is 0 Å². The Kier molecular flexibility index (Phi) is 10.3. The quantitative estimate of drug-likeness (QED) is 0.308. The van der Waals surface area contributed by atoms with Gasteiger partial charge in [-0.1, -0.05) is 112 Å². The van der Waals surface area contributed by atoms with Gasteiger partial charge >= 0.3 is 0 Å². The third-order valence-electron chi connectivity index (χ3n) is 7.16. The fourth-order valence-corrected chi connectivity index (χ4v) is 4.57. The van der Waals surface area contributed by atoms with E-state index in [2.05, 4.69) is 63.3 Å². The molecule has 0 bridgehead atoms. The first-order valence-corrected chi connectivity index (χ1v) is 13.9. The van der Waals surface area contributed by atoms with Crippen LogP contribution in [0.5, 0.6) is 0 Å². The lowest BCUT2D eigenvalue weighted by molar-refractivity contribution is -0.141. The summed E-state index contributed by atoms with van der Waals surface area (Å²) < 4.78 is 0. The van der Waals surface area contributed by atoms with Gasteiger partial charge < -0.3 is 10.2 Å². The van der Waals surface area contributed by atoms with Crippen molar-refractivity contribution in [1.82, 2.24) is 10.2 Å². The molecule has 0 radical (unpaired) electrons. The zero-order chi connectivity index (χ0) is 27.7. The van der Waals surface area contributed by atoms with E-state index in [-0.39, 0.29) is 23.3 Å². The highest BCUT2D eigenvalue weighted by molar-refractivity contribution is 5.88. The van der Waals surface area contributed by atoms with Crippen LogP contribution in [-0.2, 0) is 34.4 Å². The smallest absolute Gasteiger partial charge is 0.243 e. The van der Waals surface area contributed by atoms with Gasteiger partial charge in [-0.25, -0.2) is 0 Å². The van der Waals surface area contributed by atoms with E-state index in [9.17, 15) is 9.59 Å². The number of carbonyl (C=O) groups excluding carboxylic acids is 2. The fraction of sp³-hybridized carbons (Fsp3) is 0.412. The van der Waals surface area contributed by atoms with E-state index < -0.39 is 6.04 Å². The second kappa shape index (κ2) is 13.4. The van der Waals surface area contributed by atoms with Gasteiger partial charge in [0.2, 0.25) is 11.8 Å². The maximum absolute atomic E-state index is 13.9. The minimum atomic E-state index is -0.595. The van der Waals surface area contributed by atoms with Crippen LogP contribution >= 0.6 is 0 Å². The van der Waals surface area contributed by atoms with Gasteiger partial charge in [-0.3, -0.25) is 9.59 Å². The summed E-state index contributed by atoms with van der Waals surface area (Å²) in [5, 5.41) is 3.14. The van der Waals surface area contributed by atoms with Crippen LogP contribution in [0, 0.1) is 6.92 Å². The zero-order valence-electron chi connectivity index (χ0n) is 24.0. The number of nitrogens with one attached hydrogen (secondary N) is 1. The van der Waals surface area contributed by atoms with Gasteiger partial charge in [0.25, 0.3) is 0 Å². The number of benzene rings is 3. The third-order valence-corrected chi connectivity index (χ3v) is 7.16. The highest BCUT2D eigenvalue weighted by atomic mass is 16.2. The molecule has 2 atom stereocenters. The van der Waals surface area contributed by atoms with Crippen molar-refractivity contribution in [3.63, 3.8) is 0 Å². The van der Waals surface area contributed by atoms with Crippen LogP contribution in [0.3, 0.4) is 0 Å². The van der Waals surface area contributed by atoms with Gasteiger partial charge in [0.05, 0.1) is 0 Å². The zero-order valence-corrected chi connectivity index (χ0v) is 24.0. The average Bonchev–Trinajstić information content (AvgIpc) is 2.89. The molecule has 0 aliphatic heterocycles. The minimum Gasteiger partial charge on any atom is -0.352 e. The van der Waals surface area contributed by atoms with Crippen molar-refractivity contribution < 1.29 is 9.59 Å². The Morgan fingerprint density at radius 1 is 0.868 bits per heavy atom. The Bertz CT molecular complexity index is 1180. The summed E-state index contributed by atoms with van der Waals surface area (Å²) in [7, 11) is 0. The molecule has 0 aromatic heterocycles. The maximum Gasteiger partial charge on any atom is 0.243 e. The second-order valence-corrected chi connectivity index (χ2v) is 11.5. The van der Waals surface area contributed by atoms with Crippen LogP contribution < -0.4 is 5.32 Å². The second-order valence-electron chi connectivity index (χ2n) is 11.5. The number of amides is 2. The van der Waals surface area contributed by atoms with E-state index in [0.717, 1.165) is 28.7 Å². The Morgan fingerprint density at radius 2 is 1.53 bits per heavy atom. The molecule has 3 rings (SSSR count). The summed E-state index contributed by atoms with van der Waals surface area (Å²) in [6.07, 6.45) is 2.29. The Labute approximate surface area is 229 Å². The molecule has 1 N–H and O–H groups in total. The first-order valence-electron chi connectivity index (χ1n) is 13.9. The molecule has 0 unspecified atom stereocenters. The van der Waals surface area contributed by atoms with Crippen LogP contribution in [0.4, 0.5) is 0 Å². The topological polar surface area (TPSA) is 49.4 Å². The monoisotopic (exact) mass is 512 g/mol. The van der Waals surface area contributed by atoms with Crippen molar-refractivity contribution in [3.05, 3.63) is 107 Å². The Morgan fingerprint density at radius 3 is 2.13 bits per heavy atom. The first kappa shape index (κ1) is 29.2. The molecule has 0 aliphatic carbocycles. The van der Waals surface area contributed by atoms with Crippen LogP contribution in [0.25, 0.3) is 0 Å². The maximum atomic E-state index is 13.9. The molecular formula is C34H44N2O2. The Balaban J connectivity index is 1.89. The predicted molar refractivity (Wildman–Crippen MR) is 157 cm³/mol. The van der Waals surface area contributed by atoms with Crippen molar-refractivity contribution in [2.45, 2.75) is 91.3 Å². The molecule has 3 aromatic carbocycles. The average molecular weight is 513 g/mol. The lowest BCUT2D eigenvalue weighted by atomic mass is 9.86. The van der Waals surface area contributed by atoms with Gasteiger partial charge in [-0.05, 0) is 54.4 Å². The van der Waals surface area contributed by atoms with Crippen molar-refractivity contribution in [1.29, 1.82) is 0 Å². The molecule has 4 nitrogen and oxygen atoms in total. The van der Waals surface area contributed by atoms with Gasteiger partial charge in [0.15, 0.2) is 0 Å². The van der Waals surface area contributed by atoms with E-state index in [0.29, 0.717) is 25.8 Å². The van der Waals surface area contributed by atoms with Gasteiger partial charge in [0, 0.05) is 25.4 Å². The van der Waals surface area contributed by atoms with Crippen molar-refractivity contribution in [3.8, 4) is 0 Å². The standard InChI is InChI=1S/C34H44N2O2/c1-7-26(3)35-33(38)31(23-28-13-9-8-10-14-28)36(24-29-15-11-12-25(2)22-29)32(37)21-18-27-16-19-30(20-17-27)34(4,5)6/h8-17,19-20,22,26,31H,7,18,21,23-24H2,1-6H3,(H,35,38)/t26-,31-/m1/s1. The molecule has 4 heteroatoms. The van der Waals surface area contributed by atoms with Crippen LogP contribution in [0.1, 0.15) is 75.3 Å². The first-order chi connectivity index (χ1) is 18.1. The molecule has 0 saturated carbocycles. The molecule has 2 amide bonds. The normalized spacial score (nSPS) is 13.0. The summed E-state index contributed by atoms with van der Waals surface area (Å²) in [6, 6.07) is 26.2. The van der Waals surface area contributed by atoms with Gasteiger partial charge in [0.1, 0.15) is 6.04 Å². The number of hydrogen-bond donors (Lipinski definition) is 1. The summed E-state index contributed by atoms with van der Waals surface area (Å²) in [4.78, 5) is 29.3. The number of rotatable bonds is 11. The minimum absolute atomic E-state index is 0.00774. The van der Waals surface area contributed by atoms with E-state index in [1.54, 1.807) is 4.90 Å². The lowest BCUT2D eigenvalue weighted by Gasteiger charge is -2.32. The number of nitrogens with zero attached hydrogens (tertiary/aromatic N) is 1. The fourth-order valence-electron chi connectivity index (χ4n) is 4.57. The van der Waals surface area contributed by atoms with Crippen LogP contribution in [0.2, 0.25) is 0 Å². The molecule has 202 valence electrons. The molecule has 0 heterocycles. The van der Waals surface area contributed by atoms with Crippen LogP contribution in [-0.4, -0.2) is 28.8 Å². The van der Waals surface area contributed by atoms with Crippen molar-refractivity contribution in [2.24, 2.45) is 0 Å². The number of hydrogen-bond acceptors (Lipinski definition) is 2. The molecule has 0 fully saturated rings.